The van der Waals surface area contributed by atoms with E-state index in [1.165, 1.54) is 16.5 Å². The minimum Gasteiger partial charge on any atom is -0.497 e. The summed E-state index contributed by atoms with van der Waals surface area (Å²) in [6, 6.07) is 12.0. The third-order valence-electron chi connectivity index (χ3n) is 3.40. The summed E-state index contributed by atoms with van der Waals surface area (Å²) in [5.74, 6) is 1.76. The molecule has 2 heterocycles. The standard InChI is InChI=1S/C16H17N3O/c1-19-11-12(10-18-16-5-3-4-8-17-16)14-9-13(20-2)6-7-15(14)19/h3-9,11H,10H2,1-2H3,(H,17,18). The van der Waals surface area contributed by atoms with E-state index in [0.29, 0.717) is 0 Å². The lowest BCUT2D eigenvalue weighted by Gasteiger charge is -2.05. The number of hydrogen-bond donors (Lipinski definition) is 1. The Labute approximate surface area is 118 Å². The summed E-state index contributed by atoms with van der Waals surface area (Å²) in [7, 11) is 3.75. The minimum absolute atomic E-state index is 0.738. The SMILES string of the molecule is COc1ccc2c(c1)c(CNc1ccccn1)cn2C. The smallest absolute Gasteiger partial charge is 0.126 e. The molecular formula is C16H17N3O. The van der Waals surface area contributed by atoms with Crippen LogP contribution in [0.4, 0.5) is 5.82 Å². The van der Waals surface area contributed by atoms with E-state index in [2.05, 4.69) is 40.2 Å². The van der Waals surface area contributed by atoms with E-state index in [9.17, 15) is 0 Å². The summed E-state index contributed by atoms with van der Waals surface area (Å²) < 4.78 is 7.44. The molecule has 3 aromatic rings. The highest BCUT2D eigenvalue weighted by Gasteiger charge is 2.07. The highest BCUT2D eigenvalue weighted by atomic mass is 16.5. The number of ether oxygens (including phenoxy) is 1. The van der Waals surface area contributed by atoms with Crippen LogP contribution in [0.25, 0.3) is 10.9 Å². The summed E-state index contributed by atoms with van der Waals surface area (Å²) in [5, 5.41) is 4.54. The molecule has 0 aliphatic carbocycles. The summed E-state index contributed by atoms with van der Waals surface area (Å²) in [4.78, 5) is 4.27. The third-order valence-corrected chi connectivity index (χ3v) is 3.40. The number of hydrogen-bond acceptors (Lipinski definition) is 3. The quantitative estimate of drug-likeness (QED) is 0.789. The van der Waals surface area contributed by atoms with E-state index >= 15 is 0 Å². The monoisotopic (exact) mass is 267 g/mol. The Hall–Kier alpha value is -2.49. The number of rotatable bonds is 4. The fraction of sp³-hybridized carbons (Fsp3) is 0.188. The molecule has 1 aromatic carbocycles. The first-order chi connectivity index (χ1) is 9.78. The second-order valence-electron chi connectivity index (χ2n) is 4.72. The van der Waals surface area contributed by atoms with Gasteiger partial charge in [-0.2, -0.15) is 0 Å². The molecule has 4 nitrogen and oxygen atoms in total. The Morgan fingerprint density at radius 1 is 1.25 bits per heavy atom. The highest BCUT2D eigenvalue weighted by molar-refractivity contribution is 5.85. The molecular weight excluding hydrogens is 250 g/mol. The van der Waals surface area contributed by atoms with Crippen molar-refractivity contribution in [2.24, 2.45) is 7.05 Å². The summed E-state index contributed by atoms with van der Waals surface area (Å²) in [5.41, 5.74) is 2.43. The molecule has 0 amide bonds. The van der Waals surface area contributed by atoms with Crippen LogP contribution in [0.2, 0.25) is 0 Å². The molecule has 0 unspecified atom stereocenters. The van der Waals surface area contributed by atoms with Crippen LogP contribution in [0.1, 0.15) is 5.56 Å². The van der Waals surface area contributed by atoms with E-state index in [0.717, 1.165) is 18.1 Å². The molecule has 3 rings (SSSR count). The molecule has 0 aliphatic rings. The largest absolute Gasteiger partial charge is 0.497 e. The molecule has 0 atom stereocenters. The Kier molecular flexibility index (Phi) is 3.29. The van der Waals surface area contributed by atoms with E-state index in [1.807, 2.05) is 24.3 Å². The number of methoxy groups -OCH3 is 1. The van der Waals surface area contributed by atoms with Crippen molar-refractivity contribution in [1.29, 1.82) is 0 Å². The van der Waals surface area contributed by atoms with Gasteiger partial charge in [0, 0.05) is 36.9 Å². The average molecular weight is 267 g/mol. The molecule has 0 fully saturated rings. The van der Waals surface area contributed by atoms with Crippen molar-refractivity contribution in [3.63, 3.8) is 0 Å². The summed E-state index contributed by atoms with van der Waals surface area (Å²) in [6.45, 7) is 0.738. The molecule has 102 valence electrons. The summed E-state index contributed by atoms with van der Waals surface area (Å²) >= 11 is 0. The molecule has 0 radical (unpaired) electrons. The molecule has 2 aromatic heterocycles. The predicted molar refractivity (Wildman–Crippen MR) is 81.0 cm³/mol. The van der Waals surface area contributed by atoms with Gasteiger partial charge in [0.25, 0.3) is 0 Å². The zero-order valence-corrected chi connectivity index (χ0v) is 11.6. The van der Waals surface area contributed by atoms with Crippen LogP contribution in [0.3, 0.4) is 0 Å². The van der Waals surface area contributed by atoms with Gasteiger partial charge in [-0.25, -0.2) is 4.98 Å². The molecule has 4 heteroatoms. The summed E-state index contributed by atoms with van der Waals surface area (Å²) in [6.07, 6.45) is 3.93. The third kappa shape index (κ3) is 2.32. The Morgan fingerprint density at radius 2 is 2.15 bits per heavy atom. The van der Waals surface area contributed by atoms with Gasteiger partial charge < -0.3 is 14.6 Å². The van der Waals surface area contributed by atoms with E-state index in [4.69, 9.17) is 4.74 Å². The fourth-order valence-electron chi connectivity index (χ4n) is 2.37. The average Bonchev–Trinajstić information content (AvgIpc) is 2.82. The molecule has 0 saturated heterocycles. The van der Waals surface area contributed by atoms with Crippen LogP contribution in [0.5, 0.6) is 5.75 Å². The van der Waals surface area contributed by atoms with E-state index in [-0.39, 0.29) is 0 Å². The van der Waals surface area contributed by atoms with Gasteiger partial charge in [-0.05, 0) is 35.9 Å². The molecule has 0 spiro atoms. The van der Waals surface area contributed by atoms with E-state index < -0.39 is 0 Å². The van der Waals surface area contributed by atoms with Gasteiger partial charge in [-0.15, -0.1) is 0 Å². The number of pyridine rings is 1. The van der Waals surface area contributed by atoms with Gasteiger partial charge in [0.1, 0.15) is 11.6 Å². The number of nitrogens with one attached hydrogen (secondary N) is 1. The van der Waals surface area contributed by atoms with Crippen molar-refractivity contribution < 1.29 is 4.74 Å². The number of anilines is 1. The number of benzene rings is 1. The number of nitrogens with zero attached hydrogens (tertiary/aromatic N) is 2. The minimum atomic E-state index is 0.738. The second-order valence-corrected chi connectivity index (χ2v) is 4.72. The van der Waals surface area contributed by atoms with Gasteiger partial charge in [-0.1, -0.05) is 6.07 Å². The van der Waals surface area contributed by atoms with Crippen molar-refractivity contribution >= 4 is 16.7 Å². The number of aromatic nitrogens is 2. The second kappa shape index (κ2) is 5.25. The first-order valence-electron chi connectivity index (χ1n) is 6.55. The molecule has 1 N–H and O–H groups in total. The van der Waals surface area contributed by atoms with Gasteiger partial charge in [0.15, 0.2) is 0 Å². The maximum atomic E-state index is 5.31. The first-order valence-corrected chi connectivity index (χ1v) is 6.55. The van der Waals surface area contributed by atoms with Crippen LogP contribution in [0, 0.1) is 0 Å². The normalized spacial score (nSPS) is 10.7. The molecule has 0 aliphatic heterocycles. The van der Waals surface area contributed by atoms with Crippen LogP contribution >= 0.6 is 0 Å². The first kappa shape index (κ1) is 12.5. The predicted octanol–water partition coefficient (Wildman–Crippen LogP) is 3.19. The van der Waals surface area contributed by atoms with Crippen molar-refractivity contribution in [1.82, 2.24) is 9.55 Å². The highest BCUT2D eigenvalue weighted by Crippen LogP contribution is 2.25. The van der Waals surface area contributed by atoms with Crippen molar-refractivity contribution in [3.05, 3.63) is 54.4 Å². The number of fused-ring (bicyclic) bond motifs is 1. The Balaban J connectivity index is 1.91. The van der Waals surface area contributed by atoms with Crippen molar-refractivity contribution in [2.45, 2.75) is 6.54 Å². The van der Waals surface area contributed by atoms with Crippen LogP contribution in [-0.4, -0.2) is 16.7 Å². The molecule has 20 heavy (non-hydrogen) atoms. The van der Waals surface area contributed by atoms with Gasteiger partial charge in [0.05, 0.1) is 7.11 Å². The lowest BCUT2D eigenvalue weighted by Crippen LogP contribution is -2.00. The maximum absolute atomic E-state index is 5.31. The van der Waals surface area contributed by atoms with Crippen LogP contribution < -0.4 is 10.1 Å². The zero-order chi connectivity index (χ0) is 13.9. The van der Waals surface area contributed by atoms with E-state index in [1.54, 1.807) is 13.3 Å². The van der Waals surface area contributed by atoms with Gasteiger partial charge in [0.2, 0.25) is 0 Å². The number of aryl methyl sites for hydroxylation is 1. The van der Waals surface area contributed by atoms with Crippen molar-refractivity contribution in [3.8, 4) is 5.75 Å². The maximum Gasteiger partial charge on any atom is 0.126 e. The fourth-order valence-corrected chi connectivity index (χ4v) is 2.37. The molecule has 0 bridgehead atoms. The van der Waals surface area contributed by atoms with Crippen LogP contribution in [-0.2, 0) is 13.6 Å². The Bertz CT molecular complexity index is 719. The van der Waals surface area contributed by atoms with Crippen LogP contribution in [0.15, 0.2) is 48.8 Å². The lowest BCUT2D eigenvalue weighted by molar-refractivity contribution is 0.415. The lowest BCUT2D eigenvalue weighted by atomic mass is 10.1. The Morgan fingerprint density at radius 3 is 2.90 bits per heavy atom. The topological polar surface area (TPSA) is 39.1 Å². The zero-order valence-electron chi connectivity index (χ0n) is 11.6. The van der Waals surface area contributed by atoms with Gasteiger partial charge >= 0.3 is 0 Å². The van der Waals surface area contributed by atoms with Gasteiger partial charge in [-0.3, -0.25) is 0 Å². The molecule has 0 saturated carbocycles. The van der Waals surface area contributed by atoms with Crippen molar-refractivity contribution in [2.75, 3.05) is 12.4 Å².